The molecule has 1 aromatic carbocycles. The molecule has 4 nitrogen and oxygen atoms in total. The molecule has 106 valence electrons. The minimum atomic E-state index is -0.145. The molecule has 1 heterocycles. The van der Waals surface area contributed by atoms with Crippen LogP contribution in [0.25, 0.3) is 5.69 Å². The van der Waals surface area contributed by atoms with Gasteiger partial charge in [0.15, 0.2) is 0 Å². The van der Waals surface area contributed by atoms with Crippen molar-refractivity contribution in [2.75, 3.05) is 0 Å². The largest absolute Gasteiger partial charge is 0.332 e. The number of imidazole rings is 1. The summed E-state index contributed by atoms with van der Waals surface area (Å²) in [5.74, 6) is 0. The highest BCUT2D eigenvalue weighted by atomic mass is 16.1. The monoisotopic (exact) mass is 271 g/mol. The summed E-state index contributed by atoms with van der Waals surface area (Å²) in [4.78, 5) is 12.3. The number of aromatic nitrogens is 2. The normalized spacial score (nSPS) is 17.2. The van der Waals surface area contributed by atoms with Gasteiger partial charge in [-0.3, -0.25) is 9.13 Å². The van der Waals surface area contributed by atoms with E-state index in [0.29, 0.717) is 0 Å². The molecule has 0 spiro atoms. The Morgan fingerprint density at radius 3 is 2.25 bits per heavy atom. The second-order valence-electron chi connectivity index (χ2n) is 6.01. The van der Waals surface area contributed by atoms with E-state index in [1.165, 1.54) is 12.0 Å². The number of nitrogens with zero attached hydrogens (tertiary/aromatic N) is 2. The topological polar surface area (TPSA) is 52.9 Å². The molecule has 4 heteroatoms. The van der Waals surface area contributed by atoms with E-state index in [1.54, 1.807) is 9.13 Å². The van der Waals surface area contributed by atoms with Crippen molar-refractivity contribution in [1.29, 1.82) is 0 Å². The summed E-state index contributed by atoms with van der Waals surface area (Å²) in [6, 6.07) is 8.23. The van der Waals surface area contributed by atoms with Gasteiger partial charge in [-0.05, 0) is 50.8 Å². The van der Waals surface area contributed by atoms with Gasteiger partial charge in [0, 0.05) is 24.0 Å². The van der Waals surface area contributed by atoms with Crippen LogP contribution in [0.2, 0.25) is 0 Å². The quantitative estimate of drug-likeness (QED) is 0.932. The van der Waals surface area contributed by atoms with Crippen molar-refractivity contribution in [2.45, 2.75) is 44.7 Å². The molecule has 2 N–H and O–H groups in total. The summed E-state index contributed by atoms with van der Waals surface area (Å²) in [7, 11) is 0. The lowest BCUT2D eigenvalue weighted by Gasteiger charge is -2.38. The SMILES string of the molecule is CC(C)n1ccn(-c2ccc(C3(N)CCC3)cc2)c1=O. The summed E-state index contributed by atoms with van der Waals surface area (Å²) < 4.78 is 3.40. The highest BCUT2D eigenvalue weighted by Crippen LogP contribution is 2.38. The molecule has 0 radical (unpaired) electrons. The van der Waals surface area contributed by atoms with Gasteiger partial charge in [-0.2, -0.15) is 0 Å². The highest BCUT2D eigenvalue weighted by Gasteiger charge is 2.34. The minimum Gasteiger partial charge on any atom is -0.321 e. The Hall–Kier alpha value is -1.81. The van der Waals surface area contributed by atoms with Gasteiger partial charge in [0.2, 0.25) is 0 Å². The maximum absolute atomic E-state index is 12.3. The van der Waals surface area contributed by atoms with Gasteiger partial charge in [0.05, 0.1) is 5.69 Å². The molecule has 0 saturated heterocycles. The van der Waals surface area contributed by atoms with Crippen molar-refractivity contribution < 1.29 is 0 Å². The van der Waals surface area contributed by atoms with E-state index in [0.717, 1.165) is 18.5 Å². The number of rotatable bonds is 3. The average Bonchev–Trinajstić information content (AvgIpc) is 2.78. The molecule has 20 heavy (non-hydrogen) atoms. The predicted molar refractivity (Wildman–Crippen MR) is 80.1 cm³/mol. The first-order valence-corrected chi connectivity index (χ1v) is 7.20. The van der Waals surface area contributed by atoms with Crippen molar-refractivity contribution in [2.24, 2.45) is 5.73 Å². The fraction of sp³-hybridized carbons (Fsp3) is 0.438. The van der Waals surface area contributed by atoms with Crippen LogP contribution < -0.4 is 11.4 Å². The Balaban J connectivity index is 1.94. The van der Waals surface area contributed by atoms with Gasteiger partial charge in [0.25, 0.3) is 0 Å². The molecule has 1 saturated carbocycles. The van der Waals surface area contributed by atoms with Crippen LogP contribution in [0.3, 0.4) is 0 Å². The Bertz CT molecular complexity index is 660. The van der Waals surface area contributed by atoms with Crippen LogP contribution in [0.5, 0.6) is 0 Å². The van der Waals surface area contributed by atoms with Crippen LogP contribution in [-0.2, 0) is 5.54 Å². The van der Waals surface area contributed by atoms with Crippen LogP contribution in [-0.4, -0.2) is 9.13 Å². The lowest BCUT2D eigenvalue weighted by Crippen LogP contribution is -2.43. The Kier molecular flexibility index (Phi) is 3.05. The van der Waals surface area contributed by atoms with Crippen LogP contribution in [0.1, 0.15) is 44.7 Å². The molecule has 3 rings (SSSR count). The van der Waals surface area contributed by atoms with E-state index in [1.807, 2.05) is 50.5 Å². The molecule has 1 aliphatic rings. The lowest BCUT2D eigenvalue weighted by molar-refractivity contribution is 0.253. The van der Waals surface area contributed by atoms with E-state index in [-0.39, 0.29) is 17.3 Å². The van der Waals surface area contributed by atoms with Gasteiger partial charge < -0.3 is 5.73 Å². The van der Waals surface area contributed by atoms with Crippen molar-refractivity contribution in [3.8, 4) is 5.69 Å². The first-order chi connectivity index (χ1) is 9.51. The van der Waals surface area contributed by atoms with Gasteiger partial charge in [0.1, 0.15) is 0 Å². The summed E-state index contributed by atoms with van der Waals surface area (Å²) in [6.07, 6.45) is 6.96. The van der Waals surface area contributed by atoms with E-state index >= 15 is 0 Å². The fourth-order valence-electron chi connectivity index (χ4n) is 2.78. The smallest absolute Gasteiger partial charge is 0.321 e. The van der Waals surface area contributed by atoms with Crippen LogP contribution in [0, 0.1) is 0 Å². The zero-order valence-corrected chi connectivity index (χ0v) is 12.0. The molecule has 1 aliphatic carbocycles. The van der Waals surface area contributed by atoms with Gasteiger partial charge in [-0.1, -0.05) is 12.1 Å². The van der Waals surface area contributed by atoms with Crippen molar-refractivity contribution in [3.63, 3.8) is 0 Å². The number of hydrogen-bond acceptors (Lipinski definition) is 2. The zero-order chi connectivity index (χ0) is 14.3. The second kappa shape index (κ2) is 4.63. The van der Waals surface area contributed by atoms with E-state index in [2.05, 4.69) is 0 Å². The molecule has 0 atom stereocenters. The van der Waals surface area contributed by atoms with Crippen molar-refractivity contribution in [3.05, 3.63) is 52.7 Å². The first-order valence-electron chi connectivity index (χ1n) is 7.20. The average molecular weight is 271 g/mol. The predicted octanol–water partition coefficient (Wildman–Crippen LogP) is 2.56. The molecule has 0 bridgehead atoms. The third-order valence-corrected chi connectivity index (χ3v) is 4.33. The van der Waals surface area contributed by atoms with E-state index < -0.39 is 0 Å². The third kappa shape index (κ3) is 2.00. The maximum Gasteiger partial charge on any atom is 0.332 e. The lowest BCUT2D eigenvalue weighted by atomic mass is 9.73. The van der Waals surface area contributed by atoms with Crippen LogP contribution >= 0.6 is 0 Å². The molecule has 1 fully saturated rings. The minimum absolute atomic E-state index is 0.00106. The van der Waals surface area contributed by atoms with Crippen molar-refractivity contribution in [1.82, 2.24) is 9.13 Å². The summed E-state index contributed by atoms with van der Waals surface area (Å²) in [6.45, 7) is 4.01. The maximum atomic E-state index is 12.3. The Morgan fingerprint density at radius 1 is 1.15 bits per heavy atom. The number of benzene rings is 1. The van der Waals surface area contributed by atoms with Gasteiger partial charge in [-0.25, -0.2) is 4.79 Å². The third-order valence-electron chi connectivity index (χ3n) is 4.33. The van der Waals surface area contributed by atoms with Gasteiger partial charge in [-0.15, -0.1) is 0 Å². The molecular weight excluding hydrogens is 250 g/mol. The van der Waals surface area contributed by atoms with Crippen LogP contribution in [0.4, 0.5) is 0 Å². The molecule has 0 amide bonds. The molecule has 0 unspecified atom stereocenters. The van der Waals surface area contributed by atoms with Crippen LogP contribution in [0.15, 0.2) is 41.5 Å². The number of nitrogens with two attached hydrogens (primary N) is 1. The Morgan fingerprint density at radius 2 is 1.80 bits per heavy atom. The summed E-state index contributed by atoms with van der Waals surface area (Å²) >= 11 is 0. The van der Waals surface area contributed by atoms with Gasteiger partial charge >= 0.3 is 5.69 Å². The van der Waals surface area contributed by atoms with E-state index in [4.69, 9.17) is 5.73 Å². The highest BCUT2D eigenvalue weighted by molar-refractivity contribution is 5.38. The summed E-state index contributed by atoms with van der Waals surface area (Å²) in [5, 5.41) is 0. The molecule has 0 aliphatic heterocycles. The van der Waals surface area contributed by atoms with E-state index in [9.17, 15) is 4.79 Å². The second-order valence-corrected chi connectivity index (χ2v) is 6.01. The fourth-order valence-corrected chi connectivity index (χ4v) is 2.78. The first kappa shape index (κ1) is 13.2. The molecule has 1 aromatic heterocycles. The standard InChI is InChI=1S/C16H21N3O/c1-12(2)18-10-11-19(15(18)20)14-6-4-13(5-7-14)16(17)8-3-9-16/h4-7,10-12H,3,8-9,17H2,1-2H3. The Labute approximate surface area is 118 Å². The molecule has 2 aromatic rings. The zero-order valence-electron chi connectivity index (χ0n) is 12.0. The number of hydrogen-bond donors (Lipinski definition) is 1. The summed E-state index contributed by atoms with van der Waals surface area (Å²) in [5.41, 5.74) is 8.23. The van der Waals surface area contributed by atoms with Crippen molar-refractivity contribution >= 4 is 0 Å². The molecular formula is C16H21N3O.